The number of carbonyl (C=O) groups is 1. The van der Waals surface area contributed by atoms with Gasteiger partial charge in [0.2, 0.25) is 5.91 Å². The van der Waals surface area contributed by atoms with Crippen LogP contribution in [0.2, 0.25) is 0 Å². The fourth-order valence-electron chi connectivity index (χ4n) is 3.69. The summed E-state index contributed by atoms with van der Waals surface area (Å²) in [4.78, 5) is 21.5. The summed E-state index contributed by atoms with van der Waals surface area (Å²) in [5.74, 6) is 1.70. The first kappa shape index (κ1) is 22.2. The minimum atomic E-state index is 0.0254. The molecule has 7 heteroatoms. The number of pyridine rings is 1. The van der Waals surface area contributed by atoms with Gasteiger partial charge in [-0.2, -0.15) is 0 Å². The maximum absolute atomic E-state index is 12.6. The SMILES string of the molecule is COc1ccc(N2CCN(CC(=O)Nc3cccc(CSc4ccccn4)c3)CC2)cc1. The highest BCUT2D eigenvalue weighted by Gasteiger charge is 2.19. The van der Waals surface area contributed by atoms with Gasteiger partial charge >= 0.3 is 0 Å². The van der Waals surface area contributed by atoms with Crippen molar-refractivity contribution in [3.05, 3.63) is 78.5 Å². The molecule has 2 aromatic carbocycles. The molecule has 0 unspecified atom stereocenters. The Kier molecular flexibility index (Phi) is 7.64. The lowest BCUT2D eigenvalue weighted by molar-refractivity contribution is -0.117. The summed E-state index contributed by atoms with van der Waals surface area (Å²) in [5.41, 5.74) is 3.19. The minimum absolute atomic E-state index is 0.0254. The predicted molar refractivity (Wildman–Crippen MR) is 131 cm³/mol. The Bertz CT molecular complexity index is 1010. The van der Waals surface area contributed by atoms with Gasteiger partial charge in [0, 0.05) is 49.5 Å². The Hall–Kier alpha value is -3.03. The predicted octanol–water partition coefficient (Wildman–Crippen LogP) is 4.14. The van der Waals surface area contributed by atoms with Crippen LogP contribution in [-0.2, 0) is 10.5 Å². The number of ether oxygens (including phenoxy) is 1. The Balaban J connectivity index is 1.23. The molecular weight excluding hydrogens is 420 g/mol. The number of nitrogens with one attached hydrogen (secondary N) is 1. The molecule has 1 aliphatic rings. The number of hydrogen-bond donors (Lipinski definition) is 1. The molecule has 1 N–H and O–H groups in total. The highest BCUT2D eigenvalue weighted by atomic mass is 32.2. The second-order valence-electron chi connectivity index (χ2n) is 7.67. The van der Waals surface area contributed by atoms with Crippen molar-refractivity contribution < 1.29 is 9.53 Å². The van der Waals surface area contributed by atoms with E-state index in [2.05, 4.69) is 38.3 Å². The van der Waals surface area contributed by atoms with E-state index in [1.54, 1.807) is 25.1 Å². The van der Waals surface area contributed by atoms with Gasteiger partial charge in [0.1, 0.15) is 5.75 Å². The smallest absolute Gasteiger partial charge is 0.238 e. The van der Waals surface area contributed by atoms with Crippen molar-refractivity contribution in [2.24, 2.45) is 0 Å². The first-order valence-corrected chi connectivity index (χ1v) is 11.7. The average Bonchev–Trinajstić information content (AvgIpc) is 2.84. The fraction of sp³-hybridized carbons (Fsp3) is 0.280. The summed E-state index contributed by atoms with van der Waals surface area (Å²) < 4.78 is 5.23. The van der Waals surface area contributed by atoms with Crippen molar-refractivity contribution in [1.29, 1.82) is 0 Å². The van der Waals surface area contributed by atoms with Crippen molar-refractivity contribution in [2.45, 2.75) is 10.8 Å². The number of benzene rings is 2. The summed E-state index contributed by atoms with van der Waals surface area (Å²) >= 11 is 1.69. The molecule has 1 amide bonds. The van der Waals surface area contributed by atoms with E-state index in [4.69, 9.17) is 4.74 Å². The van der Waals surface area contributed by atoms with Crippen LogP contribution < -0.4 is 15.0 Å². The molecule has 166 valence electrons. The molecule has 0 saturated carbocycles. The number of anilines is 2. The van der Waals surface area contributed by atoms with Crippen LogP contribution in [0.25, 0.3) is 0 Å². The Morgan fingerprint density at radius 2 is 1.84 bits per heavy atom. The lowest BCUT2D eigenvalue weighted by atomic mass is 10.2. The number of rotatable bonds is 8. The van der Waals surface area contributed by atoms with Crippen LogP contribution in [0, 0.1) is 0 Å². The van der Waals surface area contributed by atoms with Gasteiger partial charge in [-0.1, -0.05) is 18.2 Å². The third-order valence-electron chi connectivity index (χ3n) is 5.41. The van der Waals surface area contributed by atoms with E-state index in [0.29, 0.717) is 6.54 Å². The van der Waals surface area contributed by atoms with Crippen LogP contribution >= 0.6 is 11.8 Å². The fourth-order valence-corrected chi connectivity index (χ4v) is 4.49. The zero-order valence-corrected chi connectivity index (χ0v) is 19.1. The van der Waals surface area contributed by atoms with E-state index >= 15 is 0 Å². The number of hydrogen-bond acceptors (Lipinski definition) is 6. The van der Waals surface area contributed by atoms with Crippen LogP contribution in [0.5, 0.6) is 5.75 Å². The zero-order chi connectivity index (χ0) is 22.2. The molecule has 0 spiro atoms. The van der Waals surface area contributed by atoms with Crippen molar-refractivity contribution >= 4 is 29.0 Å². The van der Waals surface area contributed by atoms with E-state index in [1.807, 2.05) is 48.5 Å². The molecule has 6 nitrogen and oxygen atoms in total. The lowest BCUT2D eigenvalue weighted by Gasteiger charge is -2.35. The number of piperazine rings is 1. The maximum atomic E-state index is 12.6. The van der Waals surface area contributed by atoms with Gasteiger partial charge in [0.25, 0.3) is 0 Å². The Labute approximate surface area is 193 Å². The van der Waals surface area contributed by atoms with Crippen LogP contribution in [0.15, 0.2) is 78.0 Å². The molecular formula is C25H28N4O2S. The summed E-state index contributed by atoms with van der Waals surface area (Å²) in [6.45, 7) is 3.93. The van der Waals surface area contributed by atoms with Gasteiger partial charge < -0.3 is 15.0 Å². The van der Waals surface area contributed by atoms with E-state index in [9.17, 15) is 4.79 Å². The van der Waals surface area contributed by atoms with E-state index in [0.717, 1.165) is 54.0 Å². The zero-order valence-electron chi connectivity index (χ0n) is 18.2. The molecule has 3 aromatic rings. The molecule has 0 atom stereocenters. The van der Waals surface area contributed by atoms with E-state index in [-0.39, 0.29) is 5.91 Å². The molecule has 0 radical (unpaired) electrons. The molecule has 1 fully saturated rings. The van der Waals surface area contributed by atoms with Crippen LogP contribution in [0.4, 0.5) is 11.4 Å². The van der Waals surface area contributed by atoms with Crippen molar-refractivity contribution in [3.8, 4) is 5.75 Å². The van der Waals surface area contributed by atoms with Crippen molar-refractivity contribution in [1.82, 2.24) is 9.88 Å². The largest absolute Gasteiger partial charge is 0.497 e. The summed E-state index contributed by atoms with van der Waals surface area (Å²) in [5, 5.41) is 4.05. The summed E-state index contributed by atoms with van der Waals surface area (Å²) in [7, 11) is 1.68. The molecule has 0 bridgehead atoms. The van der Waals surface area contributed by atoms with E-state index in [1.165, 1.54) is 5.69 Å². The van der Waals surface area contributed by atoms with Crippen molar-refractivity contribution in [2.75, 3.05) is 50.1 Å². The molecule has 1 aliphatic heterocycles. The number of carbonyl (C=O) groups excluding carboxylic acids is 1. The lowest BCUT2D eigenvalue weighted by Crippen LogP contribution is -2.48. The third-order valence-corrected chi connectivity index (χ3v) is 6.43. The molecule has 0 aliphatic carbocycles. The number of amides is 1. The highest BCUT2D eigenvalue weighted by Crippen LogP contribution is 2.23. The summed E-state index contributed by atoms with van der Waals surface area (Å²) in [6, 6.07) is 22.1. The molecule has 1 aromatic heterocycles. The number of thioether (sulfide) groups is 1. The topological polar surface area (TPSA) is 57.7 Å². The maximum Gasteiger partial charge on any atom is 0.238 e. The van der Waals surface area contributed by atoms with Gasteiger partial charge in [-0.3, -0.25) is 9.69 Å². The monoisotopic (exact) mass is 448 g/mol. The summed E-state index contributed by atoms with van der Waals surface area (Å²) in [6.07, 6.45) is 1.80. The normalized spacial score (nSPS) is 14.2. The van der Waals surface area contributed by atoms with Gasteiger partial charge in [-0.05, 0) is 54.1 Å². The number of methoxy groups -OCH3 is 1. The quantitative estimate of drug-likeness (QED) is 0.523. The Morgan fingerprint density at radius 1 is 1.03 bits per heavy atom. The second kappa shape index (κ2) is 11.0. The first-order chi connectivity index (χ1) is 15.7. The third kappa shape index (κ3) is 6.24. The molecule has 32 heavy (non-hydrogen) atoms. The minimum Gasteiger partial charge on any atom is -0.497 e. The van der Waals surface area contributed by atoms with Gasteiger partial charge in [0.05, 0.1) is 18.7 Å². The van der Waals surface area contributed by atoms with Crippen LogP contribution in [-0.4, -0.2) is 55.6 Å². The highest BCUT2D eigenvalue weighted by molar-refractivity contribution is 7.98. The molecule has 4 rings (SSSR count). The first-order valence-electron chi connectivity index (χ1n) is 10.7. The second-order valence-corrected chi connectivity index (χ2v) is 8.66. The van der Waals surface area contributed by atoms with Crippen LogP contribution in [0.3, 0.4) is 0 Å². The van der Waals surface area contributed by atoms with Crippen molar-refractivity contribution in [3.63, 3.8) is 0 Å². The van der Waals surface area contributed by atoms with Crippen LogP contribution in [0.1, 0.15) is 5.56 Å². The van der Waals surface area contributed by atoms with Gasteiger partial charge in [-0.25, -0.2) is 4.98 Å². The van der Waals surface area contributed by atoms with Gasteiger partial charge in [0.15, 0.2) is 0 Å². The number of nitrogens with zero attached hydrogens (tertiary/aromatic N) is 3. The molecule has 2 heterocycles. The average molecular weight is 449 g/mol. The van der Waals surface area contributed by atoms with Gasteiger partial charge in [-0.15, -0.1) is 11.8 Å². The standard InChI is InChI=1S/C25H28N4O2S/c1-31-23-10-8-22(9-11-23)29-15-13-28(14-16-29)18-24(30)27-21-6-4-5-20(17-21)19-32-25-7-2-3-12-26-25/h2-12,17H,13-16,18-19H2,1H3,(H,27,30). The van der Waals surface area contributed by atoms with E-state index < -0.39 is 0 Å². The molecule has 1 saturated heterocycles. The Morgan fingerprint density at radius 3 is 2.56 bits per heavy atom. The number of aromatic nitrogens is 1.